The molecule has 2 heterocycles. The second-order valence-electron chi connectivity index (χ2n) is 5.06. The van der Waals surface area contributed by atoms with E-state index < -0.39 is 0 Å². The predicted octanol–water partition coefficient (Wildman–Crippen LogP) is 2.17. The monoisotopic (exact) mass is 208 g/mol. The van der Waals surface area contributed by atoms with E-state index in [4.69, 9.17) is 0 Å². The number of nitrogens with zero attached hydrogens (tertiary/aromatic N) is 1. The van der Waals surface area contributed by atoms with Gasteiger partial charge in [-0.3, -0.25) is 4.90 Å². The summed E-state index contributed by atoms with van der Waals surface area (Å²) in [7, 11) is 0. The Kier molecular flexibility index (Phi) is 4.21. The zero-order valence-corrected chi connectivity index (χ0v) is 9.97. The molecule has 0 spiro atoms. The Morgan fingerprint density at radius 2 is 2.33 bits per heavy atom. The highest BCUT2D eigenvalue weighted by molar-refractivity contribution is 5.04. The summed E-state index contributed by atoms with van der Waals surface area (Å²) in [5.41, 5.74) is 1.57. The molecule has 2 aliphatic rings. The Bertz CT molecular complexity index is 215. The zero-order valence-electron chi connectivity index (χ0n) is 9.97. The van der Waals surface area contributed by atoms with Gasteiger partial charge >= 0.3 is 0 Å². The maximum atomic E-state index is 3.68. The first-order valence-corrected chi connectivity index (χ1v) is 6.46. The lowest BCUT2D eigenvalue weighted by atomic mass is 10.1. The van der Waals surface area contributed by atoms with Crippen molar-refractivity contribution in [1.29, 1.82) is 0 Å². The first-order valence-electron chi connectivity index (χ1n) is 6.46. The normalized spacial score (nSPS) is 29.7. The molecule has 2 aliphatic heterocycles. The van der Waals surface area contributed by atoms with Gasteiger partial charge in [-0.1, -0.05) is 24.5 Å². The van der Waals surface area contributed by atoms with Gasteiger partial charge in [0.2, 0.25) is 0 Å². The number of nitrogens with one attached hydrogen (secondary N) is 1. The standard InChI is InChI=1S/C13H24N2/c1-12-6-9-15(10-7-12)11-13-5-3-2-4-8-14-13/h6,13-14H,2-5,7-11H2,1H3. The summed E-state index contributed by atoms with van der Waals surface area (Å²) in [6, 6.07) is 0.749. The van der Waals surface area contributed by atoms with Crippen LogP contribution in [0.2, 0.25) is 0 Å². The van der Waals surface area contributed by atoms with E-state index in [2.05, 4.69) is 23.2 Å². The number of hydrogen-bond donors (Lipinski definition) is 1. The predicted molar refractivity (Wildman–Crippen MR) is 65.1 cm³/mol. The van der Waals surface area contributed by atoms with Crippen LogP contribution >= 0.6 is 0 Å². The van der Waals surface area contributed by atoms with Crippen molar-refractivity contribution in [3.05, 3.63) is 11.6 Å². The van der Waals surface area contributed by atoms with Gasteiger partial charge in [0.05, 0.1) is 0 Å². The Hall–Kier alpha value is -0.340. The van der Waals surface area contributed by atoms with Gasteiger partial charge in [0.1, 0.15) is 0 Å². The van der Waals surface area contributed by atoms with E-state index in [9.17, 15) is 0 Å². The quantitative estimate of drug-likeness (QED) is 0.700. The van der Waals surface area contributed by atoms with Crippen molar-refractivity contribution in [1.82, 2.24) is 10.2 Å². The molecule has 1 atom stereocenters. The molecule has 1 unspecified atom stereocenters. The van der Waals surface area contributed by atoms with Crippen LogP contribution in [0.5, 0.6) is 0 Å². The molecule has 0 bridgehead atoms. The molecule has 15 heavy (non-hydrogen) atoms. The summed E-state index contributed by atoms with van der Waals surface area (Å²) in [5.74, 6) is 0. The summed E-state index contributed by atoms with van der Waals surface area (Å²) in [5, 5.41) is 3.68. The summed E-state index contributed by atoms with van der Waals surface area (Å²) in [4.78, 5) is 2.59. The van der Waals surface area contributed by atoms with Crippen molar-refractivity contribution in [3.8, 4) is 0 Å². The van der Waals surface area contributed by atoms with Crippen molar-refractivity contribution in [2.75, 3.05) is 26.2 Å². The molecule has 0 aromatic heterocycles. The second kappa shape index (κ2) is 5.66. The topological polar surface area (TPSA) is 15.3 Å². The SMILES string of the molecule is CC1=CCN(CC2CCCCCN2)CC1. The second-order valence-corrected chi connectivity index (χ2v) is 5.06. The minimum atomic E-state index is 0.749. The van der Waals surface area contributed by atoms with Gasteiger partial charge in [-0.15, -0.1) is 0 Å². The van der Waals surface area contributed by atoms with E-state index >= 15 is 0 Å². The minimum Gasteiger partial charge on any atom is -0.313 e. The van der Waals surface area contributed by atoms with Crippen LogP contribution < -0.4 is 5.32 Å². The van der Waals surface area contributed by atoms with E-state index in [1.807, 2.05) is 0 Å². The summed E-state index contributed by atoms with van der Waals surface area (Å²) >= 11 is 0. The lowest BCUT2D eigenvalue weighted by Gasteiger charge is -2.29. The van der Waals surface area contributed by atoms with Crippen molar-refractivity contribution >= 4 is 0 Å². The highest BCUT2D eigenvalue weighted by Crippen LogP contribution is 2.13. The van der Waals surface area contributed by atoms with Crippen LogP contribution in [0.1, 0.15) is 39.0 Å². The third-order valence-electron chi connectivity index (χ3n) is 3.66. The van der Waals surface area contributed by atoms with Gasteiger partial charge in [0, 0.05) is 25.7 Å². The molecule has 2 heteroatoms. The molecular weight excluding hydrogens is 184 g/mol. The zero-order chi connectivity index (χ0) is 10.5. The van der Waals surface area contributed by atoms with Gasteiger partial charge in [0.25, 0.3) is 0 Å². The molecule has 2 rings (SSSR count). The van der Waals surface area contributed by atoms with Gasteiger partial charge < -0.3 is 5.32 Å². The largest absolute Gasteiger partial charge is 0.313 e. The van der Waals surface area contributed by atoms with E-state index in [1.165, 1.54) is 58.3 Å². The Morgan fingerprint density at radius 3 is 3.13 bits per heavy atom. The van der Waals surface area contributed by atoms with Crippen LogP contribution in [0.3, 0.4) is 0 Å². The van der Waals surface area contributed by atoms with Gasteiger partial charge in [-0.25, -0.2) is 0 Å². The fourth-order valence-corrected chi connectivity index (χ4v) is 2.55. The van der Waals surface area contributed by atoms with Crippen molar-refractivity contribution < 1.29 is 0 Å². The molecule has 2 nitrogen and oxygen atoms in total. The Labute approximate surface area is 93.7 Å². The van der Waals surface area contributed by atoms with Gasteiger partial charge in [-0.2, -0.15) is 0 Å². The van der Waals surface area contributed by atoms with Gasteiger partial charge in [0.15, 0.2) is 0 Å². The van der Waals surface area contributed by atoms with Crippen LogP contribution in [-0.2, 0) is 0 Å². The highest BCUT2D eigenvalue weighted by atomic mass is 15.1. The van der Waals surface area contributed by atoms with E-state index in [1.54, 1.807) is 5.57 Å². The number of rotatable bonds is 2. The fraction of sp³-hybridized carbons (Fsp3) is 0.846. The molecule has 0 aromatic rings. The average molecular weight is 208 g/mol. The summed E-state index contributed by atoms with van der Waals surface area (Å²) in [6.45, 7) is 7.17. The summed E-state index contributed by atoms with van der Waals surface area (Å²) in [6.07, 6.45) is 9.24. The molecule has 0 aliphatic carbocycles. The van der Waals surface area contributed by atoms with Crippen LogP contribution in [0, 0.1) is 0 Å². The molecule has 0 saturated carbocycles. The average Bonchev–Trinajstić information content (AvgIpc) is 2.50. The van der Waals surface area contributed by atoms with E-state index in [0.29, 0.717) is 0 Å². The highest BCUT2D eigenvalue weighted by Gasteiger charge is 2.16. The van der Waals surface area contributed by atoms with Crippen LogP contribution in [0.15, 0.2) is 11.6 Å². The first-order chi connectivity index (χ1) is 7.34. The molecule has 0 amide bonds. The molecular formula is C13H24N2. The molecule has 86 valence electrons. The molecule has 0 radical (unpaired) electrons. The Morgan fingerprint density at radius 1 is 1.40 bits per heavy atom. The first kappa shape index (κ1) is 11.2. The maximum absolute atomic E-state index is 3.68. The van der Waals surface area contributed by atoms with Crippen molar-refractivity contribution in [2.24, 2.45) is 0 Å². The van der Waals surface area contributed by atoms with E-state index in [-0.39, 0.29) is 0 Å². The molecule has 1 fully saturated rings. The van der Waals surface area contributed by atoms with Crippen LogP contribution in [-0.4, -0.2) is 37.1 Å². The lowest BCUT2D eigenvalue weighted by Crippen LogP contribution is -2.42. The Balaban J connectivity index is 1.75. The van der Waals surface area contributed by atoms with Crippen LogP contribution in [0.4, 0.5) is 0 Å². The third-order valence-corrected chi connectivity index (χ3v) is 3.66. The molecule has 1 N–H and O–H groups in total. The van der Waals surface area contributed by atoms with E-state index in [0.717, 1.165) is 6.04 Å². The molecule has 0 aromatic carbocycles. The van der Waals surface area contributed by atoms with Crippen molar-refractivity contribution in [3.63, 3.8) is 0 Å². The lowest BCUT2D eigenvalue weighted by molar-refractivity contribution is 0.254. The third kappa shape index (κ3) is 3.62. The van der Waals surface area contributed by atoms with Crippen LogP contribution in [0.25, 0.3) is 0 Å². The maximum Gasteiger partial charge on any atom is 0.0195 e. The fourth-order valence-electron chi connectivity index (χ4n) is 2.55. The number of hydrogen-bond acceptors (Lipinski definition) is 2. The van der Waals surface area contributed by atoms with Gasteiger partial charge in [-0.05, 0) is 32.7 Å². The molecule has 1 saturated heterocycles. The van der Waals surface area contributed by atoms with Crippen molar-refractivity contribution in [2.45, 2.75) is 45.1 Å². The summed E-state index contributed by atoms with van der Waals surface area (Å²) < 4.78 is 0. The smallest absolute Gasteiger partial charge is 0.0195 e. The minimum absolute atomic E-state index is 0.749.